The molecule has 2 aromatic carbocycles. The molecule has 1 aliphatic heterocycles. The second kappa shape index (κ2) is 6.10. The quantitative estimate of drug-likeness (QED) is 0.660. The van der Waals surface area contributed by atoms with Gasteiger partial charge in [0, 0.05) is 5.02 Å². The van der Waals surface area contributed by atoms with Crippen molar-refractivity contribution in [3.63, 3.8) is 0 Å². The first-order chi connectivity index (χ1) is 11.0. The molecule has 0 aromatic heterocycles. The van der Waals surface area contributed by atoms with E-state index in [4.69, 9.17) is 23.2 Å². The van der Waals surface area contributed by atoms with E-state index in [0.29, 0.717) is 5.02 Å². The number of phenols is 1. The predicted octanol–water partition coefficient (Wildman–Crippen LogP) is 2.88. The summed E-state index contributed by atoms with van der Waals surface area (Å²) in [5, 5.41) is 10.6. The summed E-state index contributed by atoms with van der Waals surface area (Å²) in [4.78, 5) is 24.2. The van der Waals surface area contributed by atoms with Crippen molar-refractivity contribution >= 4 is 35.0 Å². The number of aromatic hydroxyl groups is 1. The Hall–Kier alpha value is -2.24. The molecule has 1 heterocycles. The minimum absolute atomic E-state index is 0.0724. The van der Waals surface area contributed by atoms with Gasteiger partial charge in [-0.3, -0.25) is 15.0 Å². The van der Waals surface area contributed by atoms with Gasteiger partial charge in [-0.1, -0.05) is 35.9 Å². The molecule has 2 aromatic rings. The summed E-state index contributed by atoms with van der Waals surface area (Å²) in [5.74, 6) is -1.17. The van der Waals surface area contributed by atoms with E-state index in [9.17, 15) is 14.7 Å². The summed E-state index contributed by atoms with van der Waals surface area (Å²) in [6.45, 7) is 0. The summed E-state index contributed by atoms with van der Waals surface area (Å²) in [6, 6.07) is 12.5. The van der Waals surface area contributed by atoms with Crippen molar-refractivity contribution in [1.29, 1.82) is 0 Å². The van der Waals surface area contributed by atoms with Gasteiger partial charge in [-0.25, -0.2) is 5.01 Å². The Kier molecular flexibility index (Phi) is 4.15. The maximum Gasteiger partial charge on any atom is 0.273 e. The number of alkyl halides is 1. The van der Waals surface area contributed by atoms with Crippen molar-refractivity contribution < 1.29 is 14.7 Å². The second-order valence-electron chi connectivity index (χ2n) is 5.07. The fourth-order valence-corrected chi connectivity index (χ4v) is 2.98. The van der Waals surface area contributed by atoms with Crippen molar-refractivity contribution in [3.8, 4) is 5.75 Å². The molecule has 1 fully saturated rings. The van der Waals surface area contributed by atoms with Crippen LogP contribution in [0.1, 0.15) is 22.0 Å². The lowest BCUT2D eigenvalue weighted by molar-refractivity contribution is -0.149. The molecule has 0 aliphatic carbocycles. The molecule has 0 spiro atoms. The molecule has 0 unspecified atom stereocenters. The number of carbonyl (C=O) groups is 2. The van der Waals surface area contributed by atoms with E-state index < -0.39 is 23.2 Å². The summed E-state index contributed by atoms with van der Waals surface area (Å²) in [7, 11) is 0. The van der Waals surface area contributed by atoms with E-state index in [1.165, 1.54) is 12.1 Å². The molecule has 0 bridgehead atoms. The van der Waals surface area contributed by atoms with Crippen LogP contribution in [0.25, 0.3) is 0 Å². The Morgan fingerprint density at radius 1 is 1.17 bits per heavy atom. The molecule has 0 saturated carbocycles. The van der Waals surface area contributed by atoms with Crippen LogP contribution in [0, 0.1) is 0 Å². The van der Waals surface area contributed by atoms with Gasteiger partial charge in [0.2, 0.25) is 0 Å². The average molecular weight is 351 g/mol. The van der Waals surface area contributed by atoms with Crippen LogP contribution in [0.3, 0.4) is 0 Å². The molecule has 118 valence electrons. The molecular weight excluding hydrogens is 339 g/mol. The zero-order valence-corrected chi connectivity index (χ0v) is 13.3. The van der Waals surface area contributed by atoms with Crippen LogP contribution < -0.4 is 5.43 Å². The van der Waals surface area contributed by atoms with Crippen molar-refractivity contribution in [2.24, 2.45) is 0 Å². The molecular formula is C16H12Cl2N2O3. The maximum atomic E-state index is 12.2. The monoisotopic (exact) mass is 350 g/mol. The van der Waals surface area contributed by atoms with Crippen LogP contribution >= 0.6 is 23.2 Å². The van der Waals surface area contributed by atoms with E-state index in [2.05, 4.69) is 5.43 Å². The first kappa shape index (κ1) is 15.6. The Labute approximate surface area is 142 Å². The zero-order chi connectivity index (χ0) is 16.6. The van der Waals surface area contributed by atoms with Gasteiger partial charge >= 0.3 is 0 Å². The van der Waals surface area contributed by atoms with Crippen LogP contribution in [0.4, 0.5) is 0 Å². The first-order valence-electron chi connectivity index (χ1n) is 6.80. The number of hydrogen-bond donors (Lipinski definition) is 2. The third-order valence-corrected chi connectivity index (χ3v) is 4.25. The summed E-state index contributed by atoms with van der Waals surface area (Å²) in [6.07, 6.45) is 0. The third kappa shape index (κ3) is 2.85. The summed E-state index contributed by atoms with van der Waals surface area (Å²) in [5.41, 5.74) is 3.27. The lowest BCUT2D eigenvalue weighted by Gasteiger charge is -2.44. The molecule has 2 amide bonds. The Morgan fingerprint density at radius 3 is 2.61 bits per heavy atom. The van der Waals surface area contributed by atoms with Gasteiger partial charge in [0.25, 0.3) is 11.8 Å². The Balaban J connectivity index is 1.82. The molecule has 1 saturated heterocycles. The molecule has 7 heteroatoms. The van der Waals surface area contributed by atoms with Crippen LogP contribution in [0.5, 0.6) is 5.75 Å². The van der Waals surface area contributed by atoms with E-state index in [-0.39, 0.29) is 11.3 Å². The molecule has 2 N–H and O–H groups in total. The summed E-state index contributed by atoms with van der Waals surface area (Å²) < 4.78 is 0. The van der Waals surface area contributed by atoms with Gasteiger partial charge in [0.1, 0.15) is 17.2 Å². The van der Waals surface area contributed by atoms with Crippen molar-refractivity contribution in [1.82, 2.24) is 10.4 Å². The molecule has 5 nitrogen and oxygen atoms in total. The number of carbonyl (C=O) groups excluding carboxylic acids is 2. The number of benzene rings is 2. The number of hydrogen-bond acceptors (Lipinski definition) is 3. The lowest BCUT2D eigenvalue weighted by atomic mass is 9.95. The number of amides is 2. The van der Waals surface area contributed by atoms with Crippen LogP contribution in [-0.2, 0) is 4.79 Å². The number of nitrogens with one attached hydrogen (secondary N) is 1. The highest BCUT2D eigenvalue weighted by molar-refractivity contribution is 6.34. The molecule has 2 atom stereocenters. The minimum Gasteiger partial charge on any atom is -0.507 e. The molecule has 23 heavy (non-hydrogen) atoms. The van der Waals surface area contributed by atoms with Crippen molar-refractivity contribution in [3.05, 3.63) is 64.7 Å². The van der Waals surface area contributed by atoms with Crippen LogP contribution in [0.15, 0.2) is 48.5 Å². The standard InChI is InChI=1S/C16H12Cl2N2O3/c17-10-5-3-4-9(8-10)14-13(18)16(23)20(14)19-15(22)11-6-1-2-7-12(11)21/h1-8,13-14,21H,(H,19,22)/t13-,14-/m1/s1. The average Bonchev–Trinajstić information content (AvgIpc) is 2.54. The minimum atomic E-state index is -0.780. The zero-order valence-electron chi connectivity index (χ0n) is 11.7. The fraction of sp³-hybridized carbons (Fsp3) is 0.125. The highest BCUT2D eigenvalue weighted by Gasteiger charge is 2.48. The van der Waals surface area contributed by atoms with Gasteiger partial charge in [-0.15, -0.1) is 11.6 Å². The predicted molar refractivity (Wildman–Crippen MR) is 86.3 cm³/mol. The van der Waals surface area contributed by atoms with Gasteiger partial charge in [-0.2, -0.15) is 0 Å². The maximum absolute atomic E-state index is 12.2. The van der Waals surface area contributed by atoms with Crippen LogP contribution in [0.2, 0.25) is 5.02 Å². The fourth-order valence-electron chi connectivity index (χ4n) is 2.42. The number of β-lactam (4-membered cyclic amide) rings is 1. The van der Waals surface area contributed by atoms with E-state index in [1.54, 1.807) is 36.4 Å². The van der Waals surface area contributed by atoms with Gasteiger partial charge in [0.05, 0.1) is 5.56 Å². The second-order valence-corrected chi connectivity index (χ2v) is 5.97. The highest BCUT2D eigenvalue weighted by Crippen LogP contribution is 2.38. The van der Waals surface area contributed by atoms with E-state index in [1.807, 2.05) is 0 Å². The number of para-hydroxylation sites is 1. The molecule has 0 radical (unpaired) electrons. The van der Waals surface area contributed by atoms with Crippen molar-refractivity contribution in [2.75, 3.05) is 0 Å². The van der Waals surface area contributed by atoms with Gasteiger partial charge in [-0.05, 0) is 29.8 Å². The lowest BCUT2D eigenvalue weighted by Crippen LogP contribution is -2.63. The topological polar surface area (TPSA) is 69.6 Å². The first-order valence-corrected chi connectivity index (χ1v) is 7.62. The summed E-state index contributed by atoms with van der Waals surface area (Å²) >= 11 is 12.0. The Bertz CT molecular complexity index is 781. The SMILES string of the molecule is O=C(NN1C(=O)[C@H](Cl)[C@H]1c1cccc(Cl)c1)c1ccccc1O. The smallest absolute Gasteiger partial charge is 0.273 e. The molecule has 1 aliphatic rings. The van der Waals surface area contributed by atoms with Crippen molar-refractivity contribution in [2.45, 2.75) is 11.4 Å². The number of phenolic OH excluding ortho intramolecular Hbond substituents is 1. The largest absolute Gasteiger partial charge is 0.507 e. The van der Waals surface area contributed by atoms with Gasteiger partial charge in [0.15, 0.2) is 0 Å². The normalized spacial score (nSPS) is 20.1. The number of nitrogens with zero attached hydrogens (tertiary/aromatic N) is 1. The van der Waals surface area contributed by atoms with E-state index >= 15 is 0 Å². The number of hydrazine groups is 1. The number of halogens is 2. The van der Waals surface area contributed by atoms with Gasteiger partial charge < -0.3 is 5.11 Å². The Morgan fingerprint density at radius 2 is 1.91 bits per heavy atom. The number of rotatable bonds is 3. The highest BCUT2D eigenvalue weighted by atomic mass is 35.5. The molecule has 3 rings (SSSR count). The van der Waals surface area contributed by atoms with E-state index in [0.717, 1.165) is 10.6 Å². The van der Waals surface area contributed by atoms with Crippen LogP contribution in [-0.4, -0.2) is 27.3 Å². The third-order valence-electron chi connectivity index (χ3n) is 3.59.